The topological polar surface area (TPSA) is 72.2 Å². The smallest absolute Gasteiger partial charge is 0.220 e. The van der Waals surface area contributed by atoms with Crippen LogP contribution in [-0.2, 0) is 15.0 Å². The monoisotopic (exact) mass is 486 g/mol. The average molecular weight is 487 g/mol. The van der Waals surface area contributed by atoms with Gasteiger partial charge in [-0.15, -0.1) is 0 Å². The first-order valence-electron chi connectivity index (χ1n) is 10.8. The maximum Gasteiger partial charge on any atom is 0.220 e. The van der Waals surface area contributed by atoms with E-state index in [1.807, 2.05) is 13.0 Å². The van der Waals surface area contributed by atoms with Crippen molar-refractivity contribution in [3.8, 4) is 0 Å². The number of nitrogen functional groups attached to an aromatic ring is 1. The van der Waals surface area contributed by atoms with Crippen LogP contribution in [0, 0.1) is 11.8 Å². The molecule has 1 aliphatic heterocycles. The molecule has 4 nitrogen and oxygen atoms in total. The number of aldehydes is 1. The van der Waals surface area contributed by atoms with Crippen LogP contribution in [0.2, 0.25) is 10.0 Å². The van der Waals surface area contributed by atoms with Gasteiger partial charge >= 0.3 is 0 Å². The predicted octanol–water partition coefficient (Wildman–Crippen LogP) is 5.75. The van der Waals surface area contributed by atoms with E-state index in [0.717, 1.165) is 17.4 Å². The van der Waals surface area contributed by atoms with E-state index < -0.39 is 17.3 Å². The molecule has 0 bridgehead atoms. The van der Waals surface area contributed by atoms with Crippen LogP contribution in [0.4, 0.5) is 10.1 Å². The maximum atomic E-state index is 14.5. The summed E-state index contributed by atoms with van der Waals surface area (Å²) < 4.78 is 14.5. The quantitative estimate of drug-likeness (QED) is 0.426. The van der Waals surface area contributed by atoms with Crippen LogP contribution < -0.4 is 11.1 Å². The van der Waals surface area contributed by atoms with E-state index in [1.165, 1.54) is 6.08 Å². The molecule has 7 heteroatoms. The number of carbonyl (C=O) groups is 2. The normalized spacial score (nSPS) is 27.8. The van der Waals surface area contributed by atoms with Gasteiger partial charge in [-0.25, -0.2) is 4.39 Å². The van der Waals surface area contributed by atoms with Gasteiger partial charge in [0.1, 0.15) is 12.1 Å². The lowest BCUT2D eigenvalue weighted by Gasteiger charge is -2.45. The molecule has 0 radical (unpaired) electrons. The summed E-state index contributed by atoms with van der Waals surface area (Å²) in [5, 5.41) is 3.91. The second-order valence-electron chi connectivity index (χ2n) is 8.84. The van der Waals surface area contributed by atoms with Gasteiger partial charge < -0.3 is 15.8 Å². The van der Waals surface area contributed by atoms with Gasteiger partial charge in [-0.05, 0) is 54.3 Å². The molecular formula is C26H25Cl2FN2O2. The fourth-order valence-electron chi connectivity index (χ4n) is 5.46. The van der Waals surface area contributed by atoms with E-state index in [2.05, 4.69) is 5.32 Å². The maximum absolute atomic E-state index is 14.5. The number of nitrogens with one attached hydrogen (secondary N) is 1. The van der Waals surface area contributed by atoms with Crippen LogP contribution in [0.5, 0.6) is 0 Å². The van der Waals surface area contributed by atoms with Gasteiger partial charge in [0, 0.05) is 47.0 Å². The van der Waals surface area contributed by atoms with Crippen molar-refractivity contribution < 1.29 is 14.0 Å². The minimum absolute atomic E-state index is 0.0610. The first-order chi connectivity index (χ1) is 15.8. The van der Waals surface area contributed by atoms with Gasteiger partial charge in [0.2, 0.25) is 5.91 Å². The highest BCUT2D eigenvalue weighted by Gasteiger charge is 2.53. The Morgan fingerprint density at radius 1 is 1.12 bits per heavy atom. The molecule has 2 aliphatic rings. The van der Waals surface area contributed by atoms with Gasteiger partial charge in [0.25, 0.3) is 0 Å². The summed E-state index contributed by atoms with van der Waals surface area (Å²) in [5.41, 5.74) is 7.85. The van der Waals surface area contributed by atoms with Crippen molar-refractivity contribution in [3.63, 3.8) is 0 Å². The lowest BCUT2D eigenvalue weighted by atomic mass is 9.56. The third-order valence-electron chi connectivity index (χ3n) is 7.04. The predicted molar refractivity (Wildman–Crippen MR) is 130 cm³/mol. The molecule has 0 aromatic heterocycles. The number of benzene rings is 2. The van der Waals surface area contributed by atoms with Gasteiger partial charge in [0.05, 0.1) is 5.41 Å². The molecule has 1 unspecified atom stereocenters. The highest BCUT2D eigenvalue weighted by Crippen LogP contribution is 2.53. The van der Waals surface area contributed by atoms with Crippen LogP contribution in [0.25, 0.3) is 0 Å². The zero-order valence-electron chi connectivity index (χ0n) is 18.2. The molecule has 1 heterocycles. The van der Waals surface area contributed by atoms with Crippen LogP contribution >= 0.6 is 23.2 Å². The fraction of sp³-hybridized carbons (Fsp3) is 0.308. The molecule has 1 saturated heterocycles. The Kier molecular flexibility index (Phi) is 6.64. The Balaban J connectivity index is 2.01. The van der Waals surface area contributed by atoms with Crippen molar-refractivity contribution in [3.05, 3.63) is 87.2 Å². The number of allylic oxidation sites excluding steroid dienone is 4. The third-order valence-corrected chi connectivity index (χ3v) is 7.51. The Hall–Kier alpha value is -2.63. The summed E-state index contributed by atoms with van der Waals surface area (Å²) in [6.07, 6.45) is 4.30. The minimum Gasteiger partial charge on any atom is -0.398 e. The summed E-state index contributed by atoms with van der Waals surface area (Å²) in [7, 11) is 0. The highest BCUT2D eigenvalue weighted by molar-refractivity contribution is 6.31. The van der Waals surface area contributed by atoms with E-state index in [4.69, 9.17) is 28.9 Å². The molecular weight excluding hydrogens is 462 g/mol. The molecule has 1 amide bonds. The number of rotatable bonds is 4. The average Bonchev–Trinajstić information content (AvgIpc) is 2.92. The second kappa shape index (κ2) is 9.32. The Morgan fingerprint density at radius 3 is 2.58 bits per heavy atom. The van der Waals surface area contributed by atoms with E-state index >= 15 is 0 Å². The zero-order valence-corrected chi connectivity index (χ0v) is 19.7. The van der Waals surface area contributed by atoms with Crippen LogP contribution in [0.3, 0.4) is 0 Å². The summed E-state index contributed by atoms with van der Waals surface area (Å²) in [5.74, 6) is -1.77. The molecule has 0 saturated carbocycles. The first-order valence-corrected chi connectivity index (χ1v) is 11.6. The van der Waals surface area contributed by atoms with Gasteiger partial charge in [-0.3, -0.25) is 4.79 Å². The van der Waals surface area contributed by atoms with E-state index in [1.54, 1.807) is 42.5 Å². The standard InChI is InChI=1S/C26H25Cl2FN2O2/c1-15-5-7-19(29)11-20(15)23-13-31-25(33)12-22(16-3-2-4-17(27)9-16)26(23,14-32)21-8-6-18(28)10-24(21)30/h2-10,14,20,22-23H,11-13,30H2,1H3,(H,31,33)/t20?,22-,23+,26+/m0/s1. The molecule has 172 valence electrons. The molecule has 4 rings (SSSR count). The van der Waals surface area contributed by atoms with Gasteiger partial charge in [-0.2, -0.15) is 0 Å². The van der Waals surface area contributed by atoms with E-state index in [0.29, 0.717) is 21.3 Å². The molecule has 1 fully saturated rings. The van der Waals surface area contributed by atoms with Crippen LogP contribution in [0.15, 0.2) is 66.0 Å². The summed E-state index contributed by atoms with van der Waals surface area (Å²) in [4.78, 5) is 26.2. The van der Waals surface area contributed by atoms with Crippen molar-refractivity contribution in [2.24, 2.45) is 11.8 Å². The fourth-order valence-corrected chi connectivity index (χ4v) is 5.84. The molecule has 4 atom stereocenters. The highest BCUT2D eigenvalue weighted by atomic mass is 35.5. The number of hydrogen-bond acceptors (Lipinski definition) is 3. The number of anilines is 1. The molecule has 2 aromatic rings. The number of hydrogen-bond donors (Lipinski definition) is 2. The molecule has 3 N–H and O–H groups in total. The number of nitrogens with two attached hydrogens (primary N) is 1. The van der Waals surface area contributed by atoms with Crippen molar-refractivity contribution >= 4 is 41.1 Å². The lowest BCUT2D eigenvalue weighted by Crippen LogP contribution is -2.48. The van der Waals surface area contributed by atoms with E-state index in [9.17, 15) is 14.0 Å². The van der Waals surface area contributed by atoms with Crippen molar-refractivity contribution in [1.82, 2.24) is 5.32 Å². The van der Waals surface area contributed by atoms with Gasteiger partial charge in [0.15, 0.2) is 0 Å². The zero-order chi connectivity index (χ0) is 23.8. The van der Waals surface area contributed by atoms with E-state index in [-0.39, 0.29) is 37.0 Å². The Morgan fingerprint density at radius 2 is 1.88 bits per heavy atom. The number of halogens is 3. The molecule has 0 spiro atoms. The molecule has 2 aromatic carbocycles. The SMILES string of the molecule is CC1=CC=C(F)CC1[C@H]1CNC(=O)C[C@@H](c2cccc(Cl)c2)[C@@]1(C=O)c1ccc(Cl)cc1N. The summed E-state index contributed by atoms with van der Waals surface area (Å²) >= 11 is 12.5. The minimum atomic E-state index is -1.23. The third kappa shape index (κ3) is 4.32. The summed E-state index contributed by atoms with van der Waals surface area (Å²) in [6.45, 7) is 2.13. The molecule has 1 aliphatic carbocycles. The molecule has 33 heavy (non-hydrogen) atoms. The summed E-state index contributed by atoms with van der Waals surface area (Å²) in [6, 6.07) is 12.2. The first kappa shape index (κ1) is 23.5. The van der Waals surface area contributed by atoms with Gasteiger partial charge in [-0.1, -0.05) is 53.1 Å². The van der Waals surface area contributed by atoms with Crippen LogP contribution in [0.1, 0.15) is 36.8 Å². The Labute approximate surface area is 202 Å². The van der Waals surface area contributed by atoms with Crippen LogP contribution in [-0.4, -0.2) is 18.7 Å². The number of carbonyl (C=O) groups excluding carboxylic acids is 2. The lowest BCUT2D eigenvalue weighted by molar-refractivity contribution is -0.121. The number of amides is 1. The van der Waals surface area contributed by atoms with Crippen molar-refractivity contribution in [1.29, 1.82) is 0 Å². The second-order valence-corrected chi connectivity index (χ2v) is 9.71. The Bertz CT molecular complexity index is 1160. The van der Waals surface area contributed by atoms with Crippen molar-refractivity contribution in [2.75, 3.05) is 12.3 Å². The van der Waals surface area contributed by atoms with Crippen molar-refractivity contribution in [2.45, 2.75) is 31.1 Å². The largest absolute Gasteiger partial charge is 0.398 e.